The van der Waals surface area contributed by atoms with E-state index < -0.39 is 22.7 Å². The summed E-state index contributed by atoms with van der Waals surface area (Å²) in [6.45, 7) is 7.26. The molecule has 1 aliphatic heterocycles. The van der Waals surface area contributed by atoms with Crippen LogP contribution in [-0.4, -0.2) is 72.0 Å². The fraction of sp³-hybridized carbons (Fsp3) is 0.714. The zero-order valence-corrected chi connectivity index (χ0v) is 22.1. The predicted molar refractivity (Wildman–Crippen MR) is 136 cm³/mol. The molecule has 198 valence electrons. The molecule has 5 rings (SSSR count). The molecule has 8 heteroatoms. The number of amides is 2. The number of alkyl carbamates (subject to hydrolysis) is 1. The highest BCUT2D eigenvalue weighted by Crippen LogP contribution is 2.58. The molecule has 4 aliphatic rings. The number of piperidine rings is 1. The van der Waals surface area contributed by atoms with Gasteiger partial charge in [0.2, 0.25) is 5.91 Å². The van der Waals surface area contributed by atoms with Gasteiger partial charge in [0.1, 0.15) is 17.9 Å². The Hall–Kier alpha value is -2.32. The molecule has 1 aromatic rings. The van der Waals surface area contributed by atoms with Crippen LogP contribution in [0.5, 0.6) is 5.75 Å². The number of nitrogens with one attached hydrogen (secondary N) is 2. The molecular formula is C28H41N3O5. The lowest BCUT2D eigenvalue weighted by atomic mass is 9.49. The topological polar surface area (TPSA) is 100 Å². The van der Waals surface area contributed by atoms with Crippen molar-refractivity contribution in [2.75, 3.05) is 26.7 Å². The molecule has 2 saturated carbocycles. The first-order valence-corrected chi connectivity index (χ1v) is 13.4. The van der Waals surface area contributed by atoms with Crippen molar-refractivity contribution in [3.8, 4) is 5.75 Å². The third kappa shape index (κ3) is 4.70. The Kier molecular flexibility index (Phi) is 6.48. The maximum Gasteiger partial charge on any atom is 0.408 e. The molecule has 1 aromatic carbocycles. The van der Waals surface area contributed by atoms with E-state index in [2.05, 4.69) is 27.7 Å². The highest BCUT2D eigenvalue weighted by atomic mass is 16.6. The van der Waals surface area contributed by atoms with Crippen molar-refractivity contribution in [2.45, 2.75) is 94.4 Å². The Morgan fingerprint density at radius 1 is 1.19 bits per heavy atom. The lowest BCUT2D eigenvalue weighted by Gasteiger charge is -2.65. The van der Waals surface area contributed by atoms with Crippen LogP contribution in [0, 0.1) is 5.92 Å². The summed E-state index contributed by atoms with van der Waals surface area (Å²) in [5.74, 6) is 1.33. The largest absolute Gasteiger partial charge is 0.497 e. The van der Waals surface area contributed by atoms with Crippen LogP contribution in [0.2, 0.25) is 0 Å². The van der Waals surface area contributed by atoms with E-state index >= 15 is 0 Å². The molecule has 36 heavy (non-hydrogen) atoms. The number of fused-ring (bicyclic) bond motifs is 1. The van der Waals surface area contributed by atoms with Gasteiger partial charge in [-0.2, -0.15) is 0 Å². The number of benzene rings is 1. The van der Waals surface area contributed by atoms with Crippen molar-refractivity contribution in [1.82, 2.24) is 15.5 Å². The van der Waals surface area contributed by atoms with Gasteiger partial charge in [-0.25, -0.2) is 4.79 Å². The van der Waals surface area contributed by atoms with Gasteiger partial charge in [-0.3, -0.25) is 9.69 Å². The second-order valence-electron chi connectivity index (χ2n) is 12.3. The van der Waals surface area contributed by atoms with Crippen LogP contribution in [-0.2, 0) is 21.4 Å². The summed E-state index contributed by atoms with van der Waals surface area (Å²) in [7, 11) is 1.68. The highest BCUT2D eigenvalue weighted by Gasteiger charge is 2.64. The number of ether oxygens (including phenoxy) is 2. The van der Waals surface area contributed by atoms with Gasteiger partial charge < -0.3 is 25.2 Å². The number of nitrogens with zero attached hydrogens (tertiary/aromatic N) is 1. The second-order valence-corrected chi connectivity index (χ2v) is 12.3. The van der Waals surface area contributed by atoms with Crippen LogP contribution in [0.15, 0.2) is 18.2 Å². The minimum atomic E-state index is -0.838. The molecule has 1 saturated heterocycles. The zero-order chi connectivity index (χ0) is 25.7. The Labute approximate surface area is 214 Å². The number of carbonyl (C=O) groups excluding carboxylic acids is 2. The Morgan fingerprint density at radius 3 is 2.67 bits per heavy atom. The summed E-state index contributed by atoms with van der Waals surface area (Å²) in [6, 6.07) is 6.31. The Balaban J connectivity index is 1.35. The fourth-order valence-electron chi connectivity index (χ4n) is 6.94. The molecule has 3 aliphatic carbocycles. The van der Waals surface area contributed by atoms with Crippen LogP contribution in [0.1, 0.15) is 70.4 Å². The molecule has 2 amide bonds. The lowest BCUT2D eigenvalue weighted by Crippen LogP contribution is -2.74. The number of hydrogen-bond acceptors (Lipinski definition) is 6. The molecule has 4 atom stereocenters. The number of carbonyl (C=O) groups is 2. The summed E-state index contributed by atoms with van der Waals surface area (Å²) in [6.07, 6.45) is 5.72. The highest BCUT2D eigenvalue weighted by molar-refractivity contribution is 5.82. The smallest absolute Gasteiger partial charge is 0.408 e. The second kappa shape index (κ2) is 9.21. The summed E-state index contributed by atoms with van der Waals surface area (Å²) in [4.78, 5) is 27.3. The van der Waals surface area contributed by atoms with Gasteiger partial charge in [-0.15, -0.1) is 0 Å². The van der Waals surface area contributed by atoms with E-state index in [-0.39, 0.29) is 24.5 Å². The number of rotatable bonds is 6. The zero-order valence-electron chi connectivity index (χ0n) is 22.1. The van der Waals surface area contributed by atoms with Gasteiger partial charge in [0.25, 0.3) is 0 Å². The molecule has 2 bridgehead atoms. The first kappa shape index (κ1) is 25.3. The van der Waals surface area contributed by atoms with Crippen LogP contribution in [0.4, 0.5) is 4.79 Å². The summed E-state index contributed by atoms with van der Waals surface area (Å²) >= 11 is 0. The quantitative estimate of drug-likeness (QED) is 0.557. The van der Waals surface area contributed by atoms with E-state index in [1.807, 2.05) is 6.07 Å². The molecule has 0 radical (unpaired) electrons. The SMILES string of the molecule is COc1ccc2c(c1)C13CCN(CC4CC4)C(C2)C1(O)CCC(NC(=O)CNC(=O)OC(C)(C)C)C3. The van der Waals surface area contributed by atoms with E-state index in [1.54, 1.807) is 27.9 Å². The molecule has 4 unspecified atom stereocenters. The first-order valence-electron chi connectivity index (χ1n) is 13.4. The molecule has 8 nitrogen and oxygen atoms in total. The average Bonchev–Trinajstić information content (AvgIpc) is 3.63. The normalized spacial score (nSPS) is 31.6. The van der Waals surface area contributed by atoms with Gasteiger partial charge in [-0.05, 0) is 101 Å². The number of hydrogen-bond donors (Lipinski definition) is 3. The van der Waals surface area contributed by atoms with Crippen LogP contribution < -0.4 is 15.4 Å². The van der Waals surface area contributed by atoms with Crippen molar-refractivity contribution >= 4 is 12.0 Å². The summed E-state index contributed by atoms with van der Waals surface area (Å²) in [5.41, 5.74) is 0.569. The fourth-order valence-corrected chi connectivity index (χ4v) is 6.94. The van der Waals surface area contributed by atoms with E-state index in [1.165, 1.54) is 24.0 Å². The van der Waals surface area contributed by atoms with Gasteiger partial charge in [-0.1, -0.05) is 6.07 Å². The minimum Gasteiger partial charge on any atom is -0.497 e. The van der Waals surface area contributed by atoms with Crippen molar-refractivity contribution in [3.63, 3.8) is 0 Å². The molecule has 1 heterocycles. The third-order valence-corrected chi connectivity index (χ3v) is 8.71. The molecular weight excluding hydrogens is 458 g/mol. The number of aliphatic hydroxyl groups is 1. The van der Waals surface area contributed by atoms with Gasteiger partial charge >= 0.3 is 6.09 Å². The maximum atomic E-state index is 12.7. The minimum absolute atomic E-state index is 0.0778. The first-order chi connectivity index (χ1) is 17.0. The monoisotopic (exact) mass is 499 g/mol. The summed E-state index contributed by atoms with van der Waals surface area (Å²) < 4.78 is 10.8. The predicted octanol–water partition coefficient (Wildman–Crippen LogP) is 2.90. The van der Waals surface area contributed by atoms with E-state index in [0.717, 1.165) is 37.6 Å². The molecule has 3 N–H and O–H groups in total. The van der Waals surface area contributed by atoms with Crippen LogP contribution in [0.25, 0.3) is 0 Å². The van der Waals surface area contributed by atoms with Crippen molar-refractivity contribution in [3.05, 3.63) is 29.3 Å². The Morgan fingerprint density at radius 2 is 1.97 bits per heavy atom. The van der Waals surface area contributed by atoms with Crippen molar-refractivity contribution < 1.29 is 24.2 Å². The van der Waals surface area contributed by atoms with Gasteiger partial charge in [0.15, 0.2) is 0 Å². The van der Waals surface area contributed by atoms with Gasteiger partial charge in [0.05, 0.1) is 12.7 Å². The third-order valence-electron chi connectivity index (χ3n) is 8.71. The molecule has 3 fully saturated rings. The van der Waals surface area contributed by atoms with Crippen molar-refractivity contribution in [1.29, 1.82) is 0 Å². The van der Waals surface area contributed by atoms with E-state index in [9.17, 15) is 14.7 Å². The van der Waals surface area contributed by atoms with Crippen molar-refractivity contribution in [2.24, 2.45) is 5.92 Å². The number of likely N-dealkylation sites (tertiary alicyclic amines) is 1. The van der Waals surface area contributed by atoms with Crippen LogP contribution in [0.3, 0.4) is 0 Å². The van der Waals surface area contributed by atoms with Crippen LogP contribution >= 0.6 is 0 Å². The standard InChI is InChI=1S/C28H41N3O5/c1-26(2,3)36-25(33)29-16-24(32)30-20-9-10-28(34)23-13-19-7-8-21(35-4)14-22(19)27(28,15-20)11-12-31(23)17-18-5-6-18/h7-8,14,18,20,23,34H,5-6,9-13,15-17H2,1-4H3,(H,29,33)(H,30,32). The summed E-state index contributed by atoms with van der Waals surface area (Å²) in [5, 5.41) is 18.1. The lowest BCUT2D eigenvalue weighted by molar-refractivity contribution is -0.171. The van der Waals surface area contributed by atoms with Gasteiger partial charge in [0, 0.05) is 24.0 Å². The molecule has 0 aromatic heterocycles. The number of methoxy groups -OCH3 is 1. The average molecular weight is 500 g/mol. The Bertz CT molecular complexity index is 1020. The molecule has 0 spiro atoms. The maximum absolute atomic E-state index is 12.7. The van der Waals surface area contributed by atoms with E-state index in [4.69, 9.17) is 9.47 Å². The van der Waals surface area contributed by atoms with E-state index in [0.29, 0.717) is 19.3 Å².